The first kappa shape index (κ1) is 15.3. The van der Waals surface area contributed by atoms with Crippen molar-refractivity contribution in [3.63, 3.8) is 0 Å². The Balaban J connectivity index is 2.19. The van der Waals surface area contributed by atoms with Gasteiger partial charge in [0.1, 0.15) is 17.3 Å². The van der Waals surface area contributed by atoms with Crippen LogP contribution in [0.1, 0.15) is 12.5 Å². The van der Waals surface area contributed by atoms with Gasteiger partial charge in [-0.25, -0.2) is 4.39 Å². The topological polar surface area (TPSA) is 35.2 Å². The SMILES string of the molecule is CC(N)Cc1ccc(Oc2ccc(Cl)c(F)c2)c(Br)c1. The predicted octanol–water partition coefficient (Wildman–Crippen LogP) is 4.92. The number of rotatable bonds is 4. The van der Waals surface area contributed by atoms with Gasteiger partial charge in [-0.1, -0.05) is 17.7 Å². The van der Waals surface area contributed by atoms with Gasteiger partial charge in [-0.2, -0.15) is 0 Å². The molecule has 20 heavy (non-hydrogen) atoms. The highest BCUT2D eigenvalue weighted by Crippen LogP contribution is 2.32. The molecule has 0 amide bonds. The highest BCUT2D eigenvalue weighted by atomic mass is 79.9. The van der Waals surface area contributed by atoms with E-state index in [1.165, 1.54) is 12.1 Å². The lowest BCUT2D eigenvalue weighted by Crippen LogP contribution is -2.17. The van der Waals surface area contributed by atoms with E-state index >= 15 is 0 Å². The molecule has 0 aromatic heterocycles. The fourth-order valence-corrected chi connectivity index (χ4v) is 2.42. The number of ether oxygens (including phenoxy) is 1. The summed E-state index contributed by atoms with van der Waals surface area (Å²) in [6.45, 7) is 1.95. The second-order valence-electron chi connectivity index (χ2n) is 4.62. The molecule has 0 bridgehead atoms. The lowest BCUT2D eigenvalue weighted by Gasteiger charge is -2.11. The Bertz CT molecular complexity index is 619. The zero-order valence-electron chi connectivity index (χ0n) is 10.9. The molecular weight excluding hydrogens is 345 g/mol. The van der Waals surface area contributed by atoms with Gasteiger partial charge in [-0.15, -0.1) is 0 Å². The Labute approximate surface area is 130 Å². The van der Waals surface area contributed by atoms with E-state index in [-0.39, 0.29) is 11.1 Å². The zero-order valence-corrected chi connectivity index (χ0v) is 13.2. The van der Waals surface area contributed by atoms with Crippen LogP contribution in [0.25, 0.3) is 0 Å². The first-order chi connectivity index (χ1) is 9.45. The maximum absolute atomic E-state index is 13.4. The molecule has 5 heteroatoms. The summed E-state index contributed by atoms with van der Waals surface area (Å²) < 4.78 is 19.8. The van der Waals surface area contributed by atoms with Crippen molar-refractivity contribution in [2.45, 2.75) is 19.4 Å². The number of hydrogen-bond acceptors (Lipinski definition) is 2. The van der Waals surface area contributed by atoms with Crippen molar-refractivity contribution in [2.24, 2.45) is 5.73 Å². The smallest absolute Gasteiger partial charge is 0.145 e. The van der Waals surface area contributed by atoms with Gasteiger partial charge in [0.05, 0.1) is 9.50 Å². The van der Waals surface area contributed by atoms with Gasteiger partial charge < -0.3 is 10.5 Å². The summed E-state index contributed by atoms with van der Waals surface area (Å²) >= 11 is 9.07. The average molecular weight is 359 g/mol. The lowest BCUT2D eigenvalue weighted by atomic mass is 10.1. The van der Waals surface area contributed by atoms with Gasteiger partial charge >= 0.3 is 0 Å². The molecule has 0 saturated heterocycles. The average Bonchev–Trinajstić information content (AvgIpc) is 2.36. The molecule has 0 aliphatic carbocycles. The third-order valence-corrected chi connectivity index (χ3v) is 3.60. The number of hydrogen-bond donors (Lipinski definition) is 1. The van der Waals surface area contributed by atoms with Crippen molar-refractivity contribution in [3.05, 3.63) is 57.3 Å². The van der Waals surface area contributed by atoms with E-state index in [0.29, 0.717) is 11.5 Å². The molecule has 2 nitrogen and oxygen atoms in total. The summed E-state index contributed by atoms with van der Waals surface area (Å²) in [5.41, 5.74) is 6.88. The predicted molar refractivity (Wildman–Crippen MR) is 83.0 cm³/mol. The summed E-state index contributed by atoms with van der Waals surface area (Å²) in [7, 11) is 0. The number of benzene rings is 2. The van der Waals surface area contributed by atoms with E-state index in [0.717, 1.165) is 16.5 Å². The van der Waals surface area contributed by atoms with Crippen LogP contribution >= 0.6 is 27.5 Å². The molecule has 0 aliphatic rings. The molecule has 1 unspecified atom stereocenters. The molecule has 0 spiro atoms. The third kappa shape index (κ3) is 3.95. The molecule has 0 aliphatic heterocycles. The fraction of sp³-hybridized carbons (Fsp3) is 0.200. The van der Waals surface area contributed by atoms with Crippen molar-refractivity contribution in [3.8, 4) is 11.5 Å². The Hall–Kier alpha value is -1.10. The maximum atomic E-state index is 13.4. The standard InChI is InChI=1S/C15H14BrClFNO/c1-9(19)6-10-2-5-15(12(16)7-10)20-11-3-4-13(17)14(18)8-11/h2-5,7-9H,6,19H2,1H3. The first-order valence-corrected chi connectivity index (χ1v) is 7.29. The van der Waals surface area contributed by atoms with Gasteiger partial charge in [0.25, 0.3) is 0 Å². The molecule has 0 heterocycles. The third-order valence-electron chi connectivity index (χ3n) is 2.67. The van der Waals surface area contributed by atoms with Crippen LogP contribution in [0.4, 0.5) is 4.39 Å². The minimum atomic E-state index is -0.506. The van der Waals surface area contributed by atoms with Crippen LogP contribution < -0.4 is 10.5 Å². The second-order valence-corrected chi connectivity index (χ2v) is 5.89. The Kier molecular flexibility index (Phi) is 5.02. The van der Waals surface area contributed by atoms with Crippen LogP contribution in [-0.4, -0.2) is 6.04 Å². The lowest BCUT2D eigenvalue weighted by molar-refractivity contribution is 0.473. The second kappa shape index (κ2) is 6.57. The highest BCUT2D eigenvalue weighted by Gasteiger charge is 2.07. The van der Waals surface area contributed by atoms with E-state index in [4.69, 9.17) is 22.1 Å². The fourth-order valence-electron chi connectivity index (χ4n) is 1.79. The van der Waals surface area contributed by atoms with Crippen LogP contribution in [0, 0.1) is 5.82 Å². The van der Waals surface area contributed by atoms with Gasteiger partial charge in [-0.05, 0) is 59.1 Å². The van der Waals surface area contributed by atoms with Crippen LogP contribution in [0.3, 0.4) is 0 Å². The minimum absolute atomic E-state index is 0.0729. The van der Waals surface area contributed by atoms with Crippen molar-refractivity contribution >= 4 is 27.5 Å². The van der Waals surface area contributed by atoms with E-state index in [2.05, 4.69) is 15.9 Å². The molecule has 2 rings (SSSR count). The zero-order chi connectivity index (χ0) is 14.7. The normalized spacial score (nSPS) is 12.2. The molecule has 0 fully saturated rings. The Morgan fingerprint density at radius 3 is 2.65 bits per heavy atom. The van der Waals surface area contributed by atoms with Crippen LogP contribution in [0.2, 0.25) is 5.02 Å². The highest BCUT2D eigenvalue weighted by molar-refractivity contribution is 9.10. The van der Waals surface area contributed by atoms with Crippen LogP contribution in [0.5, 0.6) is 11.5 Å². The summed E-state index contributed by atoms with van der Waals surface area (Å²) in [4.78, 5) is 0. The van der Waals surface area contributed by atoms with Crippen molar-refractivity contribution in [2.75, 3.05) is 0 Å². The minimum Gasteiger partial charge on any atom is -0.456 e. The van der Waals surface area contributed by atoms with Gasteiger partial charge in [-0.3, -0.25) is 0 Å². The molecule has 1 atom stereocenters. The van der Waals surface area contributed by atoms with Gasteiger partial charge in [0, 0.05) is 12.1 Å². The monoisotopic (exact) mass is 357 g/mol. The molecule has 0 radical (unpaired) electrons. The van der Waals surface area contributed by atoms with Gasteiger partial charge in [0.15, 0.2) is 0 Å². The van der Waals surface area contributed by atoms with E-state index < -0.39 is 5.82 Å². The largest absolute Gasteiger partial charge is 0.456 e. The Morgan fingerprint density at radius 2 is 2.05 bits per heavy atom. The summed E-state index contributed by atoms with van der Waals surface area (Å²) in [6, 6.07) is 10.1. The van der Waals surface area contributed by atoms with Gasteiger partial charge in [0.2, 0.25) is 0 Å². The van der Waals surface area contributed by atoms with E-state index in [9.17, 15) is 4.39 Å². The van der Waals surface area contributed by atoms with Crippen molar-refractivity contribution < 1.29 is 9.13 Å². The van der Waals surface area contributed by atoms with Crippen LogP contribution in [-0.2, 0) is 6.42 Å². The molecule has 2 aromatic carbocycles. The van der Waals surface area contributed by atoms with Crippen molar-refractivity contribution in [1.82, 2.24) is 0 Å². The number of halogens is 3. The molecular formula is C15H14BrClFNO. The Morgan fingerprint density at radius 1 is 1.30 bits per heavy atom. The van der Waals surface area contributed by atoms with Crippen LogP contribution in [0.15, 0.2) is 40.9 Å². The summed E-state index contributed by atoms with van der Waals surface area (Å²) in [6.07, 6.45) is 0.786. The summed E-state index contributed by atoms with van der Waals surface area (Å²) in [5.74, 6) is 0.501. The maximum Gasteiger partial charge on any atom is 0.145 e. The molecule has 2 N–H and O–H groups in total. The molecule has 2 aromatic rings. The van der Waals surface area contributed by atoms with Crippen molar-refractivity contribution in [1.29, 1.82) is 0 Å². The van der Waals surface area contributed by atoms with E-state index in [1.807, 2.05) is 25.1 Å². The van der Waals surface area contributed by atoms with E-state index in [1.54, 1.807) is 6.07 Å². The quantitative estimate of drug-likeness (QED) is 0.841. The first-order valence-electron chi connectivity index (χ1n) is 6.12. The molecule has 0 saturated carbocycles. The summed E-state index contributed by atoms with van der Waals surface area (Å²) in [5, 5.41) is 0.0729. The number of nitrogens with two attached hydrogens (primary N) is 1. The molecule has 106 valence electrons.